The van der Waals surface area contributed by atoms with E-state index >= 15 is 0 Å². The smallest absolute Gasteiger partial charge is 0.288 e. The Morgan fingerprint density at radius 3 is 2.55 bits per heavy atom. The highest BCUT2D eigenvalue weighted by Gasteiger charge is 2.43. The summed E-state index contributed by atoms with van der Waals surface area (Å²) < 4.78 is 24.4. The second kappa shape index (κ2) is 7.75. The number of benzene rings is 1. The second-order valence-electron chi connectivity index (χ2n) is 7.81. The number of sulfone groups is 1. The number of amides is 2. The van der Waals surface area contributed by atoms with Crippen LogP contribution in [0.1, 0.15) is 18.4 Å². The maximum Gasteiger partial charge on any atom is 0.288 e. The normalized spacial score (nSPS) is 26.9. The Balaban J connectivity index is 1.47. The Morgan fingerprint density at radius 1 is 1.17 bits per heavy atom. The Bertz CT molecular complexity index is 938. The first-order chi connectivity index (χ1) is 13.8. The van der Waals surface area contributed by atoms with Crippen molar-refractivity contribution in [1.29, 1.82) is 0 Å². The van der Waals surface area contributed by atoms with Crippen molar-refractivity contribution < 1.29 is 18.0 Å². The van der Waals surface area contributed by atoms with Gasteiger partial charge in [-0.25, -0.2) is 13.4 Å². The van der Waals surface area contributed by atoms with Crippen LogP contribution in [0.3, 0.4) is 0 Å². The lowest BCUT2D eigenvalue weighted by Crippen LogP contribution is -2.59. The van der Waals surface area contributed by atoms with Crippen molar-refractivity contribution in [2.24, 2.45) is 4.99 Å². The van der Waals surface area contributed by atoms with E-state index in [0.29, 0.717) is 5.69 Å². The molecular weight excluding hydrogens is 394 g/mol. The Kier molecular flexibility index (Phi) is 5.30. The zero-order valence-corrected chi connectivity index (χ0v) is 17.1. The molecule has 2 fully saturated rings. The summed E-state index contributed by atoms with van der Waals surface area (Å²) in [6, 6.07) is 6.62. The molecule has 0 bridgehead atoms. The van der Waals surface area contributed by atoms with Crippen LogP contribution < -0.4 is 15.8 Å². The van der Waals surface area contributed by atoms with Crippen LogP contribution in [0.15, 0.2) is 29.3 Å². The molecule has 0 aliphatic carbocycles. The molecule has 156 valence electrons. The van der Waals surface area contributed by atoms with Crippen LogP contribution in [0.2, 0.25) is 0 Å². The van der Waals surface area contributed by atoms with Crippen LogP contribution in [0, 0.1) is 6.92 Å². The van der Waals surface area contributed by atoms with Gasteiger partial charge in [0, 0.05) is 6.04 Å². The summed E-state index contributed by atoms with van der Waals surface area (Å²) in [7, 11) is -3.21. The highest BCUT2D eigenvalue weighted by atomic mass is 32.2. The quantitative estimate of drug-likeness (QED) is 0.688. The van der Waals surface area contributed by atoms with E-state index in [4.69, 9.17) is 0 Å². The highest BCUT2D eigenvalue weighted by Crippen LogP contribution is 2.23. The number of hydrogen-bond acceptors (Lipinski definition) is 7. The number of aliphatic imine (C=N–C) groups is 1. The highest BCUT2D eigenvalue weighted by molar-refractivity contribution is 7.91. The van der Waals surface area contributed by atoms with E-state index in [1.807, 2.05) is 19.1 Å². The number of rotatable bonds is 4. The van der Waals surface area contributed by atoms with E-state index in [0.717, 1.165) is 31.5 Å². The summed E-state index contributed by atoms with van der Waals surface area (Å²) in [4.78, 5) is 31.2. The maximum absolute atomic E-state index is 12.8. The number of amidine groups is 1. The van der Waals surface area contributed by atoms with Gasteiger partial charge in [-0.15, -0.1) is 0 Å². The van der Waals surface area contributed by atoms with E-state index in [9.17, 15) is 18.0 Å². The van der Waals surface area contributed by atoms with Gasteiger partial charge in [-0.05, 0) is 45.0 Å². The standard InChI is InChI=1S/C19H25N5O4S/c1-13-4-6-14(7-5-13)24-17(25)10-20-18(22-24)19(26)21-15-11-29(27,28)12-16(15)23-8-2-3-9-23/h4-7,15-16H,2-3,8-12H2,1H3,(H,20,22)(H,21,26). The summed E-state index contributed by atoms with van der Waals surface area (Å²) >= 11 is 0. The van der Waals surface area contributed by atoms with Crippen molar-refractivity contribution in [2.45, 2.75) is 31.8 Å². The van der Waals surface area contributed by atoms with Crippen LogP contribution in [0.25, 0.3) is 0 Å². The first kappa shape index (κ1) is 19.8. The predicted octanol–water partition coefficient (Wildman–Crippen LogP) is -0.378. The molecule has 2 N–H and O–H groups in total. The molecule has 10 heteroatoms. The minimum Gasteiger partial charge on any atom is -0.344 e. The molecule has 3 aliphatic rings. The molecule has 2 amide bonds. The average Bonchev–Trinajstić information content (AvgIpc) is 3.30. The lowest BCUT2D eigenvalue weighted by Gasteiger charge is -2.30. The van der Waals surface area contributed by atoms with Crippen molar-refractivity contribution in [3.05, 3.63) is 29.8 Å². The van der Waals surface area contributed by atoms with Gasteiger partial charge in [-0.2, -0.15) is 0 Å². The number of nitrogens with one attached hydrogen (secondary N) is 2. The van der Waals surface area contributed by atoms with Crippen molar-refractivity contribution in [3.63, 3.8) is 0 Å². The van der Waals surface area contributed by atoms with Crippen LogP contribution in [-0.2, 0) is 19.4 Å². The SMILES string of the molecule is Cc1ccc(N2NC(C(=O)NC3CS(=O)(=O)CC3N3CCCC3)=NCC2=O)cc1. The zero-order valence-electron chi connectivity index (χ0n) is 16.3. The summed E-state index contributed by atoms with van der Waals surface area (Å²) in [6.07, 6.45) is 2.08. The number of carbonyl (C=O) groups excluding carboxylic acids is 2. The van der Waals surface area contributed by atoms with Gasteiger partial charge in [0.2, 0.25) is 5.84 Å². The fourth-order valence-electron chi connectivity index (χ4n) is 4.08. The summed E-state index contributed by atoms with van der Waals surface area (Å²) in [5.41, 5.74) is 4.44. The molecule has 0 aromatic heterocycles. The predicted molar refractivity (Wildman–Crippen MR) is 109 cm³/mol. The van der Waals surface area contributed by atoms with Gasteiger partial charge in [-0.3, -0.25) is 24.9 Å². The van der Waals surface area contributed by atoms with E-state index in [2.05, 4.69) is 20.6 Å². The largest absolute Gasteiger partial charge is 0.344 e. The molecule has 4 rings (SSSR count). The van der Waals surface area contributed by atoms with Gasteiger partial charge in [0.15, 0.2) is 9.84 Å². The molecule has 0 saturated carbocycles. The van der Waals surface area contributed by atoms with E-state index in [1.165, 1.54) is 5.01 Å². The molecule has 1 aromatic carbocycles. The average molecular weight is 420 g/mol. The number of carbonyl (C=O) groups is 2. The molecule has 0 radical (unpaired) electrons. The number of hydrogen-bond donors (Lipinski definition) is 2. The molecule has 2 atom stereocenters. The van der Waals surface area contributed by atoms with E-state index < -0.39 is 21.8 Å². The Hall–Kier alpha value is -2.46. The van der Waals surface area contributed by atoms with Crippen molar-refractivity contribution in [1.82, 2.24) is 15.6 Å². The number of hydrazine groups is 1. The summed E-state index contributed by atoms with van der Waals surface area (Å²) in [5.74, 6) is -0.779. The zero-order chi connectivity index (χ0) is 20.6. The van der Waals surface area contributed by atoms with Gasteiger partial charge in [0.1, 0.15) is 6.54 Å². The minimum absolute atomic E-state index is 0.00893. The van der Waals surface area contributed by atoms with Crippen molar-refractivity contribution >= 4 is 33.2 Å². The maximum atomic E-state index is 12.8. The fourth-order valence-corrected chi connectivity index (χ4v) is 6.03. The monoisotopic (exact) mass is 419 g/mol. The number of aryl methyl sites for hydroxylation is 1. The van der Waals surface area contributed by atoms with Gasteiger partial charge in [0.25, 0.3) is 11.8 Å². The van der Waals surface area contributed by atoms with Crippen molar-refractivity contribution in [2.75, 3.05) is 36.1 Å². The first-order valence-electron chi connectivity index (χ1n) is 9.78. The third-order valence-electron chi connectivity index (χ3n) is 5.60. The van der Waals surface area contributed by atoms with Crippen LogP contribution in [-0.4, -0.2) is 74.2 Å². The van der Waals surface area contributed by atoms with Crippen LogP contribution >= 0.6 is 0 Å². The second-order valence-corrected chi connectivity index (χ2v) is 9.96. The molecule has 29 heavy (non-hydrogen) atoms. The van der Waals surface area contributed by atoms with Gasteiger partial charge >= 0.3 is 0 Å². The van der Waals surface area contributed by atoms with Gasteiger partial charge in [0.05, 0.1) is 23.2 Å². The van der Waals surface area contributed by atoms with Crippen LogP contribution in [0.5, 0.6) is 0 Å². The first-order valence-corrected chi connectivity index (χ1v) is 11.6. The third kappa shape index (κ3) is 4.27. The number of anilines is 1. The van der Waals surface area contributed by atoms with E-state index in [1.54, 1.807) is 12.1 Å². The summed E-state index contributed by atoms with van der Waals surface area (Å²) in [5, 5.41) is 4.13. The molecule has 2 unspecified atom stereocenters. The topological polar surface area (TPSA) is 111 Å². The van der Waals surface area contributed by atoms with Gasteiger partial charge in [-0.1, -0.05) is 17.7 Å². The third-order valence-corrected chi connectivity index (χ3v) is 7.31. The van der Waals surface area contributed by atoms with Gasteiger partial charge < -0.3 is 5.32 Å². The molecule has 9 nitrogen and oxygen atoms in total. The Morgan fingerprint density at radius 2 is 1.86 bits per heavy atom. The molecule has 2 saturated heterocycles. The number of nitrogens with zero attached hydrogens (tertiary/aromatic N) is 3. The van der Waals surface area contributed by atoms with Crippen LogP contribution in [0.4, 0.5) is 5.69 Å². The van der Waals surface area contributed by atoms with E-state index in [-0.39, 0.29) is 35.8 Å². The minimum atomic E-state index is -3.21. The van der Waals surface area contributed by atoms with Crippen molar-refractivity contribution in [3.8, 4) is 0 Å². The molecule has 0 spiro atoms. The lowest BCUT2D eigenvalue weighted by molar-refractivity contribution is -0.118. The molecule has 3 heterocycles. The number of likely N-dealkylation sites (tertiary alicyclic amines) is 1. The fraction of sp³-hybridized carbons (Fsp3) is 0.526. The molecule has 1 aromatic rings. The Labute approximate surface area is 170 Å². The lowest BCUT2D eigenvalue weighted by atomic mass is 10.1. The molecule has 3 aliphatic heterocycles. The summed E-state index contributed by atoms with van der Waals surface area (Å²) in [6.45, 7) is 3.49. The molecular formula is C19H25N5O4S.